The zero-order chi connectivity index (χ0) is 23.9. The third-order valence-corrected chi connectivity index (χ3v) is 8.76. The standard InChI is InChI=1S/C28H40N2O2.V/c1-7-8-12-26(2,3)21(11-13-29)20-14-18-9-10-24-27(4,5)25(32)19(17-30)16-28(24,6)22(18)15-23(20)31;/h15-16,20-21,24H,2,7-14,29H2,1,3-6H3;/q-2;+2. The zero-order valence-corrected chi connectivity index (χ0v) is 22.4. The topological polar surface area (TPSA) is 83.9 Å². The molecule has 1 radical (unpaired) electrons. The number of carbonyl (C=O) groups excluding carboxylic acids is 2. The van der Waals surface area contributed by atoms with Gasteiger partial charge in [0.15, 0.2) is 5.78 Å². The molecular weight excluding hydrogens is 447 g/mol. The molecule has 5 unspecified atom stereocenters. The Morgan fingerprint density at radius 1 is 1.36 bits per heavy atom. The van der Waals surface area contributed by atoms with Gasteiger partial charge in [-0.2, -0.15) is 22.3 Å². The van der Waals surface area contributed by atoms with Crippen molar-refractivity contribution in [3.8, 4) is 6.07 Å². The first-order valence-electron chi connectivity index (χ1n) is 12.3. The van der Waals surface area contributed by atoms with Crippen LogP contribution in [0.15, 0.2) is 23.3 Å². The van der Waals surface area contributed by atoms with Crippen LogP contribution in [-0.2, 0) is 28.1 Å². The molecule has 0 aromatic rings. The maximum absolute atomic E-state index is 13.6. The molecule has 2 N–H and O–H groups in total. The van der Waals surface area contributed by atoms with Crippen molar-refractivity contribution in [2.24, 2.45) is 39.7 Å². The van der Waals surface area contributed by atoms with Crippen molar-refractivity contribution in [2.45, 2.75) is 79.6 Å². The van der Waals surface area contributed by atoms with Gasteiger partial charge in [0.1, 0.15) is 6.07 Å². The number of fused-ring (bicyclic) bond motifs is 3. The van der Waals surface area contributed by atoms with Gasteiger partial charge in [-0.15, -0.1) is 0 Å². The Morgan fingerprint density at radius 2 is 2.03 bits per heavy atom. The maximum Gasteiger partial charge on any atom is 2.00 e. The Labute approximate surface area is 212 Å². The number of rotatable bonds is 7. The predicted octanol–water partition coefficient (Wildman–Crippen LogP) is 5.54. The molecule has 4 nitrogen and oxygen atoms in total. The van der Waals surface area contributed by atoms with Crippen molar-refractivity contribution in [3.05, 3.63) is 36.1 Å². The number of nitriles is 1. The van der Waals surface area contributed by atoms with Crippen LogP contribution < -0.4 is 5.73 Å². The second kappa shape index (κ2) is 10.1. The van der Waals surface area contributed by atoms with Crippen molar-refractivity contribution >= 4 is 11.6 Å². The normalized spacial score (nSPS) is 31.2. The Kier molecular flexibility index (Phi) is 8.60. The van der Waals surface area contributed by atoms with Gasteiger partial charge in [-0.3, -0.25) is 4.79 Å². The minimum Gasteiger partial charge on any atom is -0.337 e. The van der Waals surface area contributed by atoms with Gasteiger partial charge in [0, 0.05) is 5.41 Å². The summed E-state index contributed by atoms with van der Waals surface area (Å²) in [6.07, 6.45) is 10.3. The number of ketones is 2. The molecule has 5 heteroatoms. The van der Waals surface area contributed by atoms with E-state index in [1.165, 1.54) is 5.92 Å². The first-order valence-corrected chi connectivity index (χ1v) is 12.3. The van der Waals surface area contributed by atoms with E-state index < -0.39 is 10.8 Å². The average molecular weight is 488 g/mol. The van der Waals surface area contributed by atoms with E-state index >= 15 is 0 Å². The van der Waals surface area contributed by atoms with Gasteiger partial charge in [0.25, 0.3) is 0 Å². The first kappa shape index (κ1) is 28.0. The molecule has 3 aliphatic carbocycles. The number of Topliss-reactive ketones (excluding diaryl/α,β-unsaturated/α-hetero) is 1. The Bertz CT molecular complexity index is 879. The first-order chi connectivity index (χ1) is 14.9. The van der Waals surface area contributed by atoms with Gasteiger partial charge >= 0.3 is 18.6 Å². The monoisotopic (exact) mass is 487 g/mol. The van der Waals surface area contributed by atoms with E-state index in [1.807, 2.05) is 26.0 Å². The van der Waals surface area contributed by atoms with E-state index in [-0.39, 0.29) is 58.9 Å². The van der Waals surface area contributed by atoms with Crippen LogP contribution in [0.25, 0.3) is 0 Å². The number of nitrogens with two attached hydrogens (primary N) is 1. The minimum absolute atomic E-state index is 0. The van der Waals surface area contributed by atoms with Crippen LogP contribution in [-0.4, -0.2) is 18.1 Å². The van der Waals surface area contributed by atoms with Crippen molar-refractivity contribution < 1.29 is 28.1 Å². The van der Waals surface area contributed by atoms with Crippen LogP contribution in [0.5, 0.6) is 0 Å². The molecule has 0 aromatic heterocycles. The Hall–Kier alpha value is -1.28. The Morgan fingerprint density at radius 3 is 2.61 bits per heavy atom. The largest absolute Gasteiger partial charge is 2.00 e. The summed E-state index contributed by atoms with van der Waals surface area (Å²) in [5.74, 6) is 1.56. The molecule has 0 aromatic carbocycles. The number of carbonyl (C=O) groups is 2. The summed E-state index contributed by atoms with van der Waals surface area (Å²) in [4.78, 5) is 26.5. The number of hydrogen-bond acceptors (Lipinski definition) is 4. The van der Waals surface area contributed by atoms with Crippen molar-refractivity contribution in [1.29, 1.82) is 5.26 Å². The van der Waals surface area contributed by atoms with Crippen LogP contribution in [0.1, 0.15) is 79.6 Å². The molecular formula is C28H40N2O2V. The van der Waals surface area contributed by atoms with E-state index in [9.17, 15) is 14.9 Å². The molecule has 3 aliphatic rings. The number of hydrogen-bond donors (Lipinski definition) is 1. The zero-order valence-electron chi connectivity index (χ0n) is 21.0. The summed E-state index contributed by atoms with van der Waals surface area (Å²) in [5.41, 5.74) is 6.01. The van der Waals surface area contributed by atoms with E-state index in [1.54, 1.807) is 0 Å². The fourth-order valence-electron chi connectivity index (χ4n) is 6.97. The molecule has 1 fully saturated rings. The second-order valence-corrected chi connectivity index (χ2v) is 11.4. The summed E-state index contributed by atoms with van der Waals surface area (Å²) < 4.78 is 0. The van der Waals surface area contributed by atoms with Gasteiger partial charge in [-0.25, -0.2) is 5.92 Å². The Balaban J connectivity index is 0.00000385. The summed E-state index contributed by atoms with van der Waals surface area (Å²) >= 11 is 0. The van der Waals surface area contributed by atoms with Gasteiger partial charge in [0.05, 0.1) is 11.4 Å². The summed E-state index contributed by atoms with van der Waals surface area (Å²) in [6.45, 7) is 15.5. The number of unbranched alkanes of at least 4 members (excludes halogenated alkanes) is 1. The van der Waals surface area contributed by atoms with Crippen LogP contribution in [0.2, 0.25) is 0 Å². The third-order valence-electron chi connectivity index (χ3n) is 8.76. The van der Waals surface area contributed by atoms with Crippen molar-refractivity contribution in [1.82, 2.24) is 0 Å². The smallest absolute Gasteiger partial charge is 0.337 e. The van der Waals surface area contributed by atoms with Crippen LogP contribution in [0.3, 0.4) is 0 Å². The van der Waals surface area contributed by atoms with Gasteiger partial charge in [0.2, 0.25) is 0 Å². The summed E-state index contributed by atoms with van der Waals surface area (Å²) in [6, 6.07) is 2.13. The quantitative estimate of drug-likeness (QED) is 0.478. The second-order valence-electron chi connectivity index (χ2n) is 11.4. The van der Waals surface area contributed by atoms with Crippen molar-refractivity contribution in [2.75, 3.05) is 6.54 Å². The molecule has 0 amide bonds. The van der Waals surface area contributed by atoms with E-state index in [2.05, 4.69) is 33.8 Å². The van der Waals surface area contributed by atoms with Crippen LogP contribution in [0.4, 0.5) is 0 Å². The third kappa shape index (κ3) is 4.79. The number of allylic oxidation sites excluding steroid dienone is 4. The van der Waals surface area contributed by atoms with E-state index in [4.69, 9.17) is 5.73 Å². The summed E-state index contributed by atoms with van der Waals surface area (Å²) in [5, 5.41) is 9.63. The molecule has 3 rings (SSSR count). The fourth-order valence-corrected chi connectivity index (χ4v) is 6.97. The molecule has 0 aliphatic heterocycles. The van der Waals surface area contributed by atoms with Gasteiger partial charge < -0.3 is 17.5 Å². The molecule has 0 spiro atoms. The molecule has 1 saturated carbocycles. The SMILES string of the molecule is [CH2-]C(C)(CCCC)C(CCN)C1C[C-]2CCC3C(C)(C)C(=O)C(C#N)=CC3(C)C2=CC1=O.[V+2]. The molecule has 0 saturated heterocycles. The molecule has 5 atom stereocenters. The average Bonchev–Trinajstić information content (AvgIpc) is 2.73. The van der Waals surface area contributed by atoms with Gasteiger partial charge in [-0.1, -0.05) is 85.1 Å². The molecule has 33 heavy (non-hydrogen) atoms. The summed E-state index contributed by atoms with van der Waals surface area (Å²) in [7, 11) is 0. The molecule has 0 bridgehead atoms. The van der Waals surface area contributed by atoms with Crippen LogP contribution >= 0.6 is 0 Å². The van der Waals surface area contributed by atoms with E-state index in [0.717, 1.165) is 50.5 Å². The molecule has 179 valence electrons. The van der Waals surface area contributed by atoms with E-state index in [0.29, 0.717) is 6.54 Å². The van der Waals surface area contributed by atoms with Gasteiger partial charge in [-0.05, 0) is 30.2 Å². The molecule has 0 heterocycles. The van der Waals surface area contributed by atoms with Crippen LogP contribution in [0, 0.1) is 58.2 Å². The van der Waals surface area contributed by atoms with Crippen molar-refractivity contribution in [3.63, 3.8) is 0 Å². The minimum atomic E-state index is -0.616. The predicted molar refractivity (Wildman–Crippen MR) is 128 cm³/mol. The maximum atomic E-state index is 13.6. The number of nitrogens with zero attached hydrogens (tertiary/aromatic N) is 1. The fraction of sp³-hybridized carbons (Fsp3) is 0.679.